The molecular formula is C21H27NO3Si. The zero-order valence-corrected chi connectivity index (χ0v) is 16.7. The van der Waals surface area contributed by atoms with Crippen LogP contribution in [0.4, 0.5) is 4.79 Å². The van der Waals surface area contributed by atoms with E-state index >= 15 is 0 Å². The molecule has 0 aliphatic carbocycles. The zero-order chi connectivity index (χ0) is 18.6. The first-order valence-corrected chi connectivity index (χ1v) is 11.0. The van der Waals surface area contributed by atoms with Gasteiger partial charge in [-0.05, 0) is 15.4 Å². The molecule has 0 aromatic heterocycles. The number of carbonyl (C=O) groups is 1. The average Bonchev–Trinajstić information content (AvgIpc) is 3.04. The lowest BCUT2D eigenvalue weighted by Crippen LogP contribution is -2.66. The van der Waals surface area contributed by atoms with Gasteiger partial charge in [-0.15, -0.1) is 0 Å². The second-order valence-corrected chi connectivity index (χ2v) is 12.0. The molecule has 1 fully saturated rings. The van der Waals surface area contributed by atoms with Gasteiger partial charge in [-0.3, -0.25) is 0 Å². The number of amides is 1. The smallest absolute Gasteiger partial charge is 0.407 e. The number of alkyl carbamates (subject to hydrolysis) is 1. The highest BCUT2D eigenvalue weighted by Gasteiger charge is 2.50. The van der Waals surface area contributed by atoms with Gasteiger partial charge < -0.3 is 14.5 Å². The molecule has 1 N–H and O–H groups in total. The third-order valence-electron chi connectivity index (χ3n) is 4.92. The number of hydrogen-bond donors (Lipinski definition) is 1. The largest absolute Gasteiger partial charge is 0.444 e. The Labute approximate surface area is 156 Å². The Morgan fingerprint density at radius 2 is 1.58 bits per heavy atom. The lowest BCUT2D eigenvalue weighted by molar-refractivity contribution is 0.123. The second kappa shape index (κ2) is 7.64. The minimum atomic E-state index is -2.50. The molecule has 138 valence electrons. The molecule has 2 aromatic rings. The Bertz CT molecular complexity index is 688. The molecule has 1 saturated heterocycles. The van der Waals surface area contributed by atoms with Crippen LogP contribution in [0.1, 0.15) is 27.2 Å². The van der Waals surface area contributed by atoms with E-state index < -0.39 is 8.32 Å². The van der Waals surface area contributed by atoms with Crippen molar-refractivity contribution in [2.75, 3.05) is 13.2 Å². The van der Waals surface area contributed by atoms with E-state index in [4.69, 9.17) is 9.16 Å². The first kappa shape index (κ1) is 18.7. The standard InChI is InChI=1S/C21H27NO3Si/c1-21(2,3)26(18-10-6-4-7-11-18,19-12-8-5-9-13-19)24-15-14-17-16-22-20(23)25-17/h4-13,17H,14-16H2,1-3H3,(H,22,23)/t17-/m1/s1. The van der Waals surface area contributed by atoms with Gasteiger partial charge in [-0.2, -0.15) is 0 Å². The summed E-state index contributed by atoms with van der Waals surface area (Å²) in [6, 6.07) is 21.1. The number of benzene rings is 2. The SMILES string of the molecule is CC(C)(C)[Si](OCC[C@@H]1CNC(=O)O1)(c1ccccc1)c1ccccc1. The van der Waals surface area contributed by atoms with Crippen LogP contribution in [0, 0.1) is 0 Å². The average molecular weight is 370 g/mol. The summed E-state index contributed by atoms with van der Waals surface area (Å²) in [5, 5.41) is 5.19. The van der Waals surface area contributed by atoms with Gasteiger partial charge in [0.05, 0.1) is 6.54 Å². The highest BCUT2D eigenvalue weighted by Crippen LogP contribution is 2.36. The van der Waals surface area contributed by atoms with Crippen molar-refractivity contribution in [1.82, 2.24) is 5.32 Å². The van der Waals surface area contributed by atoms with Crippen LogP contribution < -0.4 is 15.7 Å². The fraction of sp³-hybridized carbons (Fsp3) is 0.381. The summed E-state index contributed by atoms with van der Waals surface area (Å²) in [6.07, 6.45) is 0.254. The summed E-state index contributed by atoms with van der Waals surface area (Å²) in [5.41, 5.74) is 0. The monoisotopic (exact) mass is 369 g/mol. The van der Waals surface area contributed by atoms with E-state index in [1.54, 1.807) is 0 Å². The minimum Gasteiger partial charge on any atom is -0.444 e. The lowest BCUT2D eigenvalue weighted by Gasteiger charge is -2.43. The quantitative estimate of drug-likeness (QED) is 0.796. The third-order valence-corrected chi connectivity index (χ3v) is 9.97. The highest BCUT2D eigenvalue weighted by atomic mass is 28.4. The number of hydrogen-bond acceptors (Lipinski definition) is 3. The van der Waals surface area contributed by atoms with Gasteiger partial charge in [0, 0.05) is 13.0 Å². The molecule has 2 aromatic carbocycles. The van der Waals surface area contributed by atoms with Crippen molar-refractivity contribution in [3.05, 3.63) is 60.7 Å². The van der Waals surface area contributed by atoms with Gasteiger partial charge in [0.15, 0.2) is 0 Å². The number of carbonyl (C=O) groups excluding carboxylic acids is 1. The molecule has 1 aliphatic rings. The van der Waals surface area contributed by atoms with Crippen molar-refractivity contribution >= 4 is 24.8 Å². The predicted molar refractivity (Wildman–Crippen MR) is 106 cm³/mol. The Kier molecular flexibility index (Phi) is 5.49. The predicted octanol–water partition coefficient (Wildman–Crippen LogP) is 3.06. The molecule has 0 saturated carbocycles. The molecule has 1 aliphatic heterocycles. The van der Waals surface area contributed by atoms with E-state index in [1.807, 2.05) is 12.1 Å². The second-order valence-electron chi connectivity index (χ2n) is 7.71. The van der Waals surface area contributed by atoms with E-state index in [0.29, 0.717) is 19.6 Å². The first-order valence-electron chi connectivity index (χ1n) is 9.13. The highest BCUT2D eigenvalue weighted by molar-refractivity contribution is 6.99. The summed E-state index contributed by atoms with van der Waals surface area (Å²) in [5.74, 6) is 0. The van der Waals surface area contributed by atoms with Crippen LogP contribution in [-0.4, -0.2) is 33.7 Å². The molecule has 0 unspecified atom stereocenters. The lowest BCUT2D eigenvalue weighted by atomic mass is 10.2. The molecule has 5 heteroatoms. The number of nitrogens with one attached hydrogen (secondary N) is 1. The Morgan fingerprint density at radius 3 is 2.00 bits per heavy atom. The molecule has 0 bridgehead atoms. The zero-order valence-electron chi connectivity index (χ0n) is 15.7. The Hall–Kier alpha value is -2.11. The van der Waals surface area contributed by atoms with Gasteiger partial charge in [-0.25, -0.2) is 4.79 Å². The van der Waals surface area contributed by atoms with Crippen LogP contribution in [0.3, 0.4) is 0 Å². The van der Waals surface area contributed by atoms with Crippen molar-refractivity contribution in [3.8, 4) is 0 Å². The van der Waals surface area contributed by atoms with Crippen molar-refractivity contribution < 1.29 is 14.0 Å². The molecule has 1 amide bonds. The van der Waals surface area contributed by atoms with Crippen LogP contribution in [0.15, 0.2) is 60.7 Å². The fourth-order valence-electron chi connectivity index (χ4n) is 3.70. The minimum absolute atomic E-state index is 0.0414. The molecular weight excluding hydrogens is 342 g/mol. The first-order chi connectivity index (χ1) is 12.4. The van der Waals surface area contributed by atoms with Gasteiger partial charge >= 0.3 is 6.09 Å². The normalized spacial score (nSPS) is 17.7. The van der Waals surface area contributed by atoms with Crippen molar-refractivity contribution in [1.29, 1.82) is 0 Å². The summed E-state index contributed by atoms with van der Waals surface area (Å²) in [7, 11) is -2.50. The van der Waals surface area contributed by atoms with E-state index in [0.717, 1.165) is 0 Å². The van der Waals surface area contributed by atoms with Gasteiger partial charge in [-0.1, -0.05) is 81.4 Å². The van der Waals surface area contributed by atoms with Crippen molar-refractivity contribution in [3.63, 3.8) is 0 Å². The Balaban J connectivity index is 1.93. The van der Waals surface area contributed by atoms with Crippen LogP contribution in [-0.2, 0) is 9.16 Å². The van der Waals surface area contributed by atoms with Crippen LogP contribution in [0.25, 0.3) is 0 Å². The van der Waals surface area contributed by atoms with Crippen molar-refractivity contribution in [2.45, 2.75) is 38.3 Å². The molecule has 3 rings (SSSR count). The number of rotatable bonds is 6. The van der Waals surface area contributed by atoms with E-state index in [2.05, 4.69) is 74.6 Å². The molecule has 0 spiro atoms. The van der Waals surface area contributed by atoms with E-state index in [1.165, 1.54) is 10.4 Å². The molecule has 4 nitrogen and oxygen atoms in total. The topological polar surface area (TPSA) is 47.6 Å². The third kappa shape index (κ3) is 3.69. The van der Waals surface area contributed by atoms with E-state index in [-0.39, 0.29) is 17.2 Å². The summed E-state index contributed by atoms with van der Waals surface area (Å²) >= 11 is 0. The van der Waals surface area contributed by atoms with Gasteiger partial charge in [0.1, 0.15) is 6.10 Å². The maximum absolute atomic E-state index is 11.3. The van der Waals surface area contributed by atoms with Gasteiger partial charge in [0.2, 0.25) is 0 Å². The maximum Gasteiger partial charge on any atom is 0.407 e. The summed E-state index contributed by atoms with van der Waals surface area (Å²) in [6.45, 7) is 7.90. The van der Waals surface area contributed by atoms with Crippen LogP contribution >= 0.6 is 0 Å². The summed E-state index contributed by atoms with van der Waals surface area (Å²) < 4.78 is 12.0. The molecule has 0 radical (unpaired) electrons. The van der Waals surface area contributed by atoms with Crippen LogP contribution in [0.5, 0.6) is 0 Å². The maximum atomic E-state index is 11.3. The number of ether oxygens (including phenoxy) is 1. The number of cyclic esters (lactones) is 1. The van der Waals surface area contributed by atoms with Crippen LogP contribution in [0.2, 0.25) is 5.04 Å². The molecule has 26 heavy (non-hydrogen) atoms. The van der Waals surface area contributed by atoms with Crippen molar-refractivity contribution in [2.24, 2.45) is 0 Å². The molecule has 1 heterocycles. The molecule has 1 atom stereocenters. The Morgan fingerprint density at radius 1 is 1.04 bits per heavy atom. The van der Waals surface area contributed by atoms with E-state index in [9.17, 15) is 4.79 Å². The van der Waals surface area contributed by atoms with Gasteiger partial charge in [0.25, 0.3) is 8.32 Å². The fourth-order valence-corrected chi connectivity index (χ4v) is 8.28. The summed E-state index contributed by atoms with van der Waals surface area (Å²) in [4.78, 5) is 11.3.